The lowest BCUT2D eigenvalue weighted by atomic mass is 9.87. The Labute approximate surface area is 379 Å². The van der Waals surface area contributed by atoms with Crippen molar-refractivity contribution in [3.8, 4) is 51.4 Å². The Morgan fingerprint density at radius 2 is 0.651 bits per heavy atom. The highest BCUT2D eigenvalue weighted by atomic mass is 31.2. The van der Waals surface area contributed by atoms with Gasteiger partial charge in [0.05, 0.1) is 7.11 Å². The van der Waals surface area contributed by atoms with Gasteiger partial charge in [0.25, 0.3) is 0 Å². The van der Waals surface area contributed by atoms with Crippen LogP contribution in [0.1, 0.15) is 111 Å². The fourth-order valence-electron chi connectivity index (χ4n) is 6.55. The molecule has 6 aromatic rings. The number of aryl methyl sites for hydroxylation is 1. The summed E-state index contributed by atoms with van der Waals surface area (Å²) in [6.07, 6.45) is 0. The van der Waals surface area contributed by atoms with Gasteiger partial charge in [-0.15, -0.1) is 0 Å². The minimum Gasteiger partial charge on any atom is -0.497 e. The Morgan fingerprint density at radius 3 is 0.968 bits per heavy atom. The van der Waals surface area contributed by atoms with E-state index in [9.17, 15) is 0 Å². The van der Waals surface area contributed by atoms with Crippen LogP contribution >= 0.6 is 17.2 Å². The highest BCUT2D eigenvalue weighted by Gasteiger charge is 2.28. The van der Waals surface area contributed by atoms with Crippen LogP contribution in [-0.4, -0.2) is 7.11 Å². The van der Waals surface area contributed by atoms with Gasteiger partial charge in [0.1, 0.15) is 40.2 Å². The average molecular weight is 887 g/mol. The highest BCUT2D eigenvalue weighted by molar-refractivity contribution is 7.43. The molecule has 0 aliphatic rings. The van der Waals surface area contributed by atoms with Gasteiger partial charge in [-0.3, -0.25) is 0 Å². The van der Waals surface area contributed by atoms with E-state index in [-0.39, 0.29) is 21.7 Å². The molecule has 0 amide bonds. The summed E-state index contributed by atoms with van der Waals surface area (Å²) in [5, 5.41) is 0. The predicted molar refractivity (Wildman–Crippen MR) is 261 cm³/mol. The van der Waals surface area contributed by atoms with Crippen molar-refractivity contribution in [2.24, 2.45) is 0 Å². The molecule has 0 saturated heterocycles. The van der Waals surface area contributed by atoms with Crippen molar-refractivity contribution >= 4 is 17.2 Å². The number of ether oxygens (including phenoxy) is 1. The Hall–Kier alpha value is -5.22. The summed E-state index contributed by atoms with van der Waals surface area (Å²) in [5.74, 6) is 4.25. The van der Waals surface area contributed by atoms with E-state index in [0.717, 1.165) is 33.4 Å². The lowest BCUT2D eigenvalue weighted by Crippen LogP contribution is -2.12. The quantitative estimate of drug-likeness (QED) is 0.101. The molecule has 0 aliphatic carbocycles. The van der Waals surface area contributed by atoms with Crippen LogP contribution in [0.15, 0.2) is 133 Å². The number of rotatable bonds is 14. The number of methoxy groups -OCH3 is 1. The molecule has 6 aromatic carbocycles. The van der Waals surface area contributed by atoms with Crippen molar-refractivity contribution in [3.05, 3.63) is 161 Å². The molecule has 0 N–H and O–H groups in total. The molecule has 0 atom stereocenters. The third-order valence-corrected chi connectivity index (χ3v) is 12.6. The van der Waals surface area contributed by atoms with Crippen LogP contribution in [-0.2, 0) is 21.7 Å². The van der Waals surface area contributed by atoms with Gasteiger partial charge in [-0.25, -0.2) is 0 Å². The molecular weight excluding hydrogens is 823 g/mol. The Kier molecular flexibility index (Phi) is 14.4. The monoisotopic (exact) mass is 886 g/mol. The summed E-state index contributed by atoms with van der Waals surface area (Å²) in [6, 6.07) is 44.1. The second-order valence-electron chi connectivity index (χ2n) is 20.0. The second-order valence-corrected chi connectivity index (χ2v) is 22.0. The fourth-order valence-corrected chi connectivity index (χ4v) is 8.56. The van der Waals surface area contributed by atoms with E-state index >= 15 is 0 Å². The molecule has 0 bridgehead atoms. The maximum absolute atomic E-state index is 6.90. The summed E-state index contributed by atoms with van der Waals surface area (Å²) in [7, 11) is -2.46. The van der Waals surface area contributed by atoms with Crippen molar-refractivity contribution in [2.45, 2.75) is 112 Å². The van der Waals surface area contributed by atoms with Crippen LogP contribution in [0.2, 0.25) is 0 Å². The van der Waals surface area contributed by atoms with E-state index in [2.05, 4.69) is 113 Å². The zero-order valence-electron chi connectivity index (χ0n) is 39.5. The summed E-state index contributed by atoms with van der Waals surface area (Å²) < 4.78 is 46.3. The first-order valence-corrected chi connectivity index (χ1v) is 23.6. The van der Waals surface area contributed by atoms with Crippen LogP contribution < -0.4 is 31.9 Å². The molecule has 63 heavy (non-hydrogen) atoms. The first kappa shape index (κ1) is 47.3. The van der Waals surface area contributed by atoms with Gasteiger partial charge in [0, 0.05) is 11.1 Å². The minimum absolute atomic E-state index is 0.0879. The largest absolute Gasteiger partial charge is 0.530 e. The van der Waals surface area contributed by atoms with E-state index < -0.39 is 17.2 Å². The molecular formula is C54H64O7P2. The first-order valence-electron chi connectivity index (χ1n) is 21.4. The van der Waals surface area contributed by atoms with E-state index in [0.29, 0.717) is 45.8 Å². The zero-order chi connectivity index (χ0) is 45.7. The van der Waals surface area contributed by atoms with Crippen LogP contribution in [0, 0.1) is 6.92 Å². The van der Waals surface area contributed by atoms with E-state index in [1.165, 1.54) is 0 Å². The Balaban J connectivity index is 1.43. The summed E-state index contributed by atoms with van der Waals surface area (Å²) >= 11 is 0. The van der Waals surface area contributed by atoms with Gasteiger partial charge in [-0.2, -0.15) is 0 Å². The zero-order valence-corrected chi connectivity index (χ0v) is 41.2. The molecule has 7 nitrogen and oxygen atoms in total. The molecule has 0 fully saturated rings. The van der Waals surface area contributed by atoms with Crippen LogP contribution in [0.4, 0.5) is 0 Å². The van der Waals surface area contributed by atoms with Crippen LogP contribution in [0.25, 0.3) is 11.1 Å². The standard InChI is InChI=1S/C54H64O7P2/c1-37-27-29-49(60-62(56-43-23-15-19-38(32-43)51(2,3)4)57-44-24-16-20-39(33-44)52(5,6)7)47(31-37)48-36-42(55-14)28-30-50(48)61-63(58-45-25-17-21-40(34-45)53(8,9)10)59-46-26-18-22-41(35-46)54(11,12)13/h15-36H,1-14H3. The van der Waals surface area contributed by atoms with Gasteiger partial charge < -0.3 is 31.9 Å². The number of hydrogen-bond donors (Lipinski definition) is 0. The van der Waals surface area contributed by atoms with E-state index in [1.807, 2.05) is 110 Å². The van der Waals surface area contributed by atoms with Crippen molar-refractivity contribution in [3.63, 3.8) is 0 Å². The molecule has 0 spiro atoms. The molecule has 0 saturated carbocycles. The lowest BCUT2D eigenvalue weighted by Gasteiger charge is -2.25. The molecule has 9 heteroatoms. The summed E-state index contributed by atoms with van der Waals surface area (Å²) in [4.78, 5) is 0. The van der Waals surface area contributed by atoms with Gasteiger partial charge in [0.15, 0.2) is 0 Å². The SMILES string of the molecule is COc1ccc(OP(Oc2cccc(C(C)(C)C)c2)Oc2cccc(C(C)(C)C)c2)c(-c2cc(C)ccc2OP(Oc2cccc(C(C)(C)C)c2)Oc2cccc(C(C)(C)C)c2)c1. The van der Waals surface area contributed by atoms with Crippen molar-refractivity contribution in [2.75, 3.05) is 7.11 Å². The van der Waals surface area contributed by atoms with Crippen LogP contribution in [0.5, 0.6) is 40.2 Å². The van der Waals surface area contributed by atoms with Crippen molar-refractivity contribution < 1.29 is 31.9 Å². The molecule has 332 valence electrons. The Morgan fingerprint density at radius 1 is 0.333 bits per heavy atom. The van der Waals surface area contributed by atoms with Gasteiger partial charge in [-0.1, -0.05) is 143 Å². The third kappa shape index (κ3) is 12.9. The number of benzene rings is 6. The maximum atomic E-state index is 6.90. The average Bonchev–Trinajstić information content (AvgIpc) is 3.21. The van der Waals surface area contributed by atoms with Gasteiger partial charge in [-0.05, 0) is 130 Å². The molecule has 0 aliphatic heterocycles. The fraction of sp³-hybridized carbons (Fsp3) is 0.333. The van der Waals surface area contributed by atoms with Crippen molar-refractivity contribution in [1.82, 2.24) is 0 Å². The van der Waals surface area contributed by atoms with E-state index in [1.54, 1.807) is 7.11 Å². The molecule has 0 unspecified atom stereocenters. The molecule has 6 rings (SSSR count). The first-order chi connectivity index (χ1) is 29.5. The smallest absolute Gasteiger partial charge is 0.497 e. The highest BCUT2D eigenvalue weighted by Crippen LogP contribution is 2.51. The predicted octanol–water partition coefficient (Wildman–Crippen LogP) is 16.4. The molecule has 0 radical (unpaired) electrons. The third-order valence-electron chi connectivity index (χ3n) is 10.5. The minimum atomic E-state index is -2.06. The van der Waals surface area contributed by atoms with E-state index in [4.69, 9.17) is 31.9 Å². The maximum Gasteiger partial charge on any atom is 0.530 e. The summed E-state index contributed by atoms with van der Waals surface area (Å²) in [6.45, 7) is 28.2. The van der Waals surface area contributed by atoms with Crippen LogP contribution in [0.3, 0.4) is 0 Å². The van der Waals surface area contributed by atoms with Crippen molar-refractivity contribution in [1.29, 1.82) is 0 Å². The van der Waals surface area contributed by atoms with Gasteiger partial charge >= 0.3 is 17.2 Å². The summed E-state index contributed by atoms with van der Waals surface area (Å²) in [5.41, 5.74) is 6.64. The van der Waals surface area contributed by atoms with Gasteiger partial charge in [0.2, 0.25) is 0 Å². The molecule has 0 aromatic heterocycles. The number of hydrogen-bond acceptors (Lipinski definition) is 7. The lowest BCUT2D eigenvalue weighted by molar-refractivity contribution is 0.383. The normalized spacial score (nSPS) is 12.3. The second kappa shape index (κ2) is 19.3. The Bertz CT molecular complexity index is 2370. The topological polar surface area (TPSA) is 64.6 Å². The molecule has 0 heterocycles.